The SMILES string of the molecule is COc1ccc(CCC2(C3CCCC3)CC(=O)C(Sc3nc4cc(Cl)ccc4n3C)C(=O)O2)cc1Cl. The molecule has 0 amide bonds. The average Bonchev–Trinajstić information content (AvgIpc) is 3.49. The number of halogens is 2. The highest BCUT2D eigenvalue weighted by Gasteiger charge is 2.52. The summed E-state index contributed by atoms with van der Waals surface area (Å²) in [5.74, 6) is 0.235. The maximum absolute atomic E-state index is 13.5. The van der Waals surface area contributed by atoms with Gasteiger partial charge in [0.05, 0.1) is 23.2 Å². The number of ketones is 1. The van der Waals surface area contributed by atoms with Gasteiger partial charge in [-0.2, -0.15) is 0 Å². The minimum absolute atomic E-state index is 0.0963. The molecule has 2 aromatic carbocycles. The second-order valence-electron chi connectivity index (χ2n) is 9.66. The molecule has 190 valence electrons. The molecule has 36 heavy (non-hydrogen) atoms. The summed E-state index contributed by atoms with van der Waals surface area (Å²) in [6.07, 6.45) is 5.57. The first-order valence-corrected chi connectivity index (χ1v) is 13.8. The van der Waals surface area contributed by atoms with Gasteiger partial charge >= 0.3 is 5.97 Å². The number of Topliss-reactive ketones (excluding diaryl/α,β-unsaturated/α-hetero) is 1. The van der Waals surface area contributed by atoms with Gasteiger partial charge in [-0.1, -0.05) is 53.9 Å². The van der Waals surface area contributed by atoms with Crippen LogP contribution in [0.25, 0.3) is 11.0 Å². The largest absolute Gasteiger partial charge is 0.495 e. The predicted molar refractivity (Wildman–Crippen MR) is 142 cm³/mol. The number of carbonyl (C=O) groups excluding carboxylic acids is 2. The molecule has 5 rings (SSSR count). The molecular weight excluding hydrogens is 519 g/mol. The van der Waals surface area contributed by atoms with Crippen molar-refractivity contribution in [2.75, 3.05) is 7.11 Å². The van der Waals surface area contributed by atoms with Gasteiger partial charge in [-0.15, -0.1) is 0 Å². The summed E-state index contributed by atoms with van der Waals surface area (Å²) >= 11 is 13.6. The smallest absolute Gasteiger partial charge is 0.327 e. The Labute approximate surface area is 224 Å². The highest BCUT2D eigenvalue weighted by atomic mass is 35.5. The predicted octanol–water partition coefficient (Wildman–Crippen LogP) is 6.43. The van der Waals surface area contributed by atoms with Gasteiger partial charge in [0.25, 0.3) is 0 Å². The van der Waals surface area contributed by atoms with E-state index in [2.05, 4.69) is 4.98 Å². The minimum atomic E-state index is -0.930. The van der Waals surface area contributed by atoms with E-state index in [4.69, 9.17) is 32.7 Å². The first kappa shape index (κ1) is 25.4. The Hall–Kier alpha value is -2.22. The zero-order valence-electron chi connectivity index (χ0n) is 20.3. The summed E-state index contributed by atoms with van der Waals surface area (Å²) in [6, 6.07) is 11.1. The van der Waals surface area contributed by atoms with Gasteiger partial charge in [-0.25, -0.2) is 4.98 Å². The number of ether oxygens (including phenoxy) is 2. The second-order valence-corrected chi connectivity index (χ2v) is 11.6. The number of hydrogen-bond donors (Lipinski definition) is 0. The van der Waals surface area contributed by atoms with E-state index in [-0.39, 0.29) is 18.1 Å². The molecule has 2 atom stereocenters. The molecule has 1 aliphatic carbocycles. The molecular formula is C27H28Cl2N2O4S. The number of rotatable bonds is 7. The monoisotopic (exact) mass is 546 g/mol. The first-order valence-electron chi connectivity index (χ1n) is 12.2. The Bertz CT molecular complexity index is 1300. The van der Waals surface area contributed by atoms with Crippen molar-refractivity contribution in [1.29, 1.82) is 0 Å². The molecule has 0 spiro atoms. The normalized spacial score (nSPS) is 22.8. The van der Waals surface area contributed by atoms with Gasteiger partial charge in [0.2, 0.25) is 0 Å². The number of carbonyl (C=O) groups is 2. The van der Waals surface area contributed by atoms with Crippen LogP contribution in [-0.2, 0) is 27.8 Å². The van der Waals surface area contributed by atoms with Crippen LogP contribution in [-0.4, -0.2) is 39.3 Å². The lowest BCUT2D eigenvalue weighted by atomic mass is 9.76. The molecule has 2 heterocycles. The summed E-state index contributed by atoms with van der Waals surface area (Å²) in [5.41, 5.74) is 1.85. The Balaban J connectivity index is 1.36. The number of nitrogens with zero attached hydrogens (tertiary/aromatic N) is 2. The van der Waals surface area contributed by atoms with Gasteiger partial charge in [-0.3, -0.25) is 9.59 Å². The number of fused-ring (bicyclic) bond motifs is 1. The Morgan fingerprint density at radius 3 is 2.64 bits per heavy atom. The van der Waals surface area contributed by atoms with Crippen molar-refractivity contribution < 1.29 is 19.1 Å². The van der Waals surface area contributed by atoms with E-state index >= 15 is 0 Å². The standard InChI is InChI=1S/C27H28Cl2N2O4S/c1-31-21-9-8-18(28)14-20(21)30-26(31)36-24-22(32)15-27(35-25(24)33,17-5-3-4-6-17)12-11-16-7-10-23(34-2)19(29)13-16/h7-10,13-14,17,24H,3-6,11-12,15H2,1-2H3. The molecule has 2 aliphatic rings. The highest BCUT2D eigenvalue weighted by molar-refractivity contribution is 8.01. The fourth-order valence-electron chi connectivity index (χ4n) is 5.53. The van der Waals surface area contributed by atoms with Crippen LogP contribution >= 0.6 is 35.0 Å². The number of hydrogen-bond acceptors (Lipinski definition) is 6. The summed E-state index contributed by atoms with van der Waals surface area (Å²) in [6.45, 7) is 0. The highest BCUT2D eigenvalue weighted by Crippen LogP contribution is 2.46. The summed E-state index contributed by atoms with van der Waals surface area (Å²) < 4.78 is 13.4. The van der Waals surface area contributed by atoms with E-state index < -0.39 is 16.8 Å². The zero-order chi connectivity index (χ0) is 25.4. The third-order valence-corrected chi connectivity index (χ3v) is 9.26. The van der Waals surface area contributed by atoms with E-state index in [1.165, 1.54) is 0 Å². The van der Waals surface area contributed by atoms with E-state index in [1.807, 2.05) is 35.9 Å². The molecule has 0 N–H and O–H groups in total. The van der Waals surface area contributed by atoms with Crippen molar-refractivity contribution in [2.24, 2.45) is 13.0 Å². The molecule has 3 aromatic rings. The van der Waals surface area contributed by atoms with Gasteiger partial charge < -0.3 is 14.0 Å². The van der Waals surface area contributed by atoms with Crippen LogP contribution in [0.15, 0.2) is 41.6 Å². The number of aryl methyl sites for hydroxylation is 2. The molecule has 6 nitrogen and oxygen atoms in total. The number of aromatic nitrogens is 2. The summed E-state index contributed by atoms with van der Waals surface area (Å²) in [7, 11) is 3.45. The lowest BCUT2D eigenvalue weighted by Crippen LogP contribution is -2.53. The van der Waals surface area contributed by atoms with Crippen molar-refractivity contribution in [3.8, 4) is 5.75 Å². The first-order chi connectivity index (χ1) is 17.3. The van der Waals surface area contributed by atoms with Crippen LogP contribution in [0.1, 0.15) is 44.1 Å². The topological polar surface area (TPSA) is 70.4 Å². The number of methoxy groups -OCH3 is 1. The number of cyclic esters (lactones) is 1. The molecule has 0 radical (unpaired) electrons. The Morgan fingerprint density at radius 1 is 1.17 bits per heavy atom. The molecule has 1 aliphatic heterocycles. The second kappa shape index (κ2) is 10.3. The van der Waals surface area contributed by atoms with Crippen LogP contribution in [0.4, 0.5) is 0 Å². The van der Waals surface area contributed by atoms with Crippen LogP contribution in [0.3, 0.4) is 0 Å². The Morgan fingerprint density at radius 2 is 1.94 bits per heavy atom. The lowest BCUT2D eigenvalue weighted by Gasteiger charge is -2.42. The fourth-order valence-corrected chi connectivity index (χ4v) is 6.95. The van der Waals surface area contributed by atoms with Crippen molar-refractivity contribution in [1.82, 2.24) is 9.55 Å². The molecule has 1 aromatic heterocycles. The molecule has 2 fully saturated rings. The van der Waals surface area contributed by atoms with E-state index in [9.17, 15) is 9.59 Å². The molecule has 1 saturated heterocycles. The maximum atomic E-state index is 13.5. The number of esters is 1. The minimum Gasteiger partial charge on any atom is -0.495 e. The van der Waals surface area contributed by atoms with Gasteiger partial charge in [0.1, 0.15) is 11.4 Å². The third-order valence-electron chi connectivity index (χ3n) is 7.46. The van der Waals surface area contributed by atoms with Crippen molar-refractivity contribution in [3.05, 3.63) is 52.0 Å². The van der Waals surface area contributed by atoms with Crippen molar-refractivity contribution >= 4 is 57.7 Å². The van der Waals surface area contributed by atoms with E-state index in [0.717, 1.165) is 54.0 Å². The molecule has 2 unspecified atom stereocenters. The fraction of sp³-hybridized carbons (Fsp3) is 0.444. The third kappa shape index (κ3) is 4.85. The zero-order valence-corrected chi connectivity index (χ0v) is 22.6. The number of thioether (sulfide) groups is 1. The van der Waals surface area contributed by atoms with Crippen LogP contribution in [0.5, 0.6) is 5.75 Å². The lowest BCUT2D eigenvalue weighted by molar-refractivity contribution is -0.177. The van der Waals surface area contributed by atoms with Gasteiger partial charge in [-0.05, 0) is 67.5 Å². The van der Waals surface area contributed by atoms with E-state index in [0.29, 0.717) is 33.8 Å². The van der Waals surface area contributed by atoms with Gasteiger partial charge in [0, 0.05) is 18.5 Å². The quantitative estimate of drug-likeness (QED) is 0.251. The maximum Gasteiger partial charge on any atom is 0.327 e. The molecule has 1 saturated carbocycles. The van der Waals surface area contributed by atoms with Crippen LogP contribution in [0.2, 0.25) is 10.0 Å². The molecule has 9 heteroatoms. The number of imidazole rings is 1. The Kier molecular flexibility index (Phi) is 7.25. The average molecular weight is 548 g/mol. The van der Waals surface area contributed by atoms with Crippen molar-refractivity contribution in [3.63, 3.8) is 0 Å². The molecule has 0 bridgehead atoms. The van der Waals surface area contributed by atoms with E-state index in [1.54, 1.807) is 19.2 Å². The summed E-state index contributed by atoms with van der Waals surface area (Å²) in [5, 5.41) is 0.788. The van der Waals surface area contributed by atoms with Crippen LogP contribution in [0, 0.1) is 5.92 Å². The van der Waals surface area contributed by atoms with Crippen LogP contribution < -0.4 is 4.74 Å². The summed E-state index contributed by atoms with van der Waals surface area (Å²) in [4.78, 5) is 31.5. The van der Waals surface area contributed by atoms with Crippen molar-refractivity contribution in [2.45, 2.75) is 61.0 Å². The van der Waals surface area contributed by atoms with Gasteiger partial charge in [0.15, 0.2) is 16.2 Å². The number of benzene rings is 2.